The van der Waals surface area contributed by atoms with Gasteiger partial charge in [0.05, 0.1) is 0 Å². The van der Waals surface area contributed by atoms with E-state index in [1.54, 1.807) is 0 Å². The maximum absolute atomic E-state index is 13.1. The average Bonchev–Trinajstić information content (AvgIpc) is 2.25. The Morgan fingerprint density at radius 1 is 1.33 bits per heavy atom. The summed E-state index contributed by atoms with van der Waals surface area (Å²) >= 11 is 0. The SMILES string of the molecule is NC1CN(Cc2ccccc2)CCC1F. The van der Waals surface area contributed by atoms with E-state index in [2.05, 4.69) is 17.0 Å². The van der Waals surface area contributed by atoms with E-state index in [1.165, 1.54) is 5.56 Å². The molecule has 0 saturated carbocycles. The van der Waals surface area contributed by atoms with Gasteiger partial charge >= 0.3 is 0 Å². The number of likely N-dealkylation sites (tertiary alicyclic amines) is 1. The molecule has 0 aromatic heterocycles. The molecule has 1 aliphatic heterocycles. The fraction of sp³-hybridized carbons (Fsp3) is 0.500. The minimum absolute atomic E-state index is 0.317. The Hall–Kier alpha value is -0.930. The maximum atomic E-state index is 13.1. The van der Waals surface area contributed by atoms with E-state index in [-0.39, 0.29) is 6.04 Å². The highest BCUT2D eigenvalue weighted by atomic mass is 19.1. The molecule has 2 nitrogen and oxygen atoms in total. The van der Waals surface area contributed by atoms with Crippen LogP contribution in [0.3, 0.4) is 0 Å². The number of nitrogens with two attached hydrogens (primary N) is 1. The van der Waals surface area contributed by atoms with E-state index in [1.807, 2.05) is 18.2 Å². The zero-order valence-corrected chi connectivity index (χ0v) is 8.77. The molecular weight excluding hydrogens is 191 g/mol. The summed E-state index contributed by atoms with van der Waals surface area (Å²) in [6.45, 7) is 2.35. The quantitative estimate of drug-likeness (QED) is 0.799. The highest BCUT2D eigenvalue weighted by Crippen LogP contribution is 2.15. The first kappa shape index (κ1) is 10.6. The number of alkyl halides is 1. The third-order valence-corrected chi connectivity index (χ3v) is 2.90. The molecule has 2 N–H and O–H groups in total. The van der Waals surface area contributed by atoms with E-state index >= 15 is 0 Å². The minimum atomic E-state index is -0.822. The smallest absolute Gasteiger partial charge is 0.118 e. The minimum Gasteiger partial charge on any atom is -0.324 e. The van der Waals surface area contributed by atoms with Gasteiger partial charge in [-0.1, -0.05) is 30.3 Å². The second-order valence-electron chi connectivity index (χ2n) is 4.19. The number of hydrogen-bond donors (Lipinski definition) is 1. The fourth-order valence-electron chi connectivity index (χ4n) is 2.01. The van der Waals surface area contributed by atoms with Crippen molar-refractivity contribution in [2.24, 2.45) is 5.73 Å². The Morgan fingerprint density at radius 2 is 2.07 bits per heavy atom. The van der Waals surface area contributed by atoms with Gasteiger partial charge in [-0.15, -0.1) is 0 Å². The number of benzene rings is 1. The molecule has 0 spiro atoms. The Kier molecular flexibility index (Phi) is 3.34. The van der Waals surface area contributed by atoms with Gasteiger partial charge in [-0.25, -0.2) is 4.39 Å². The third kappa shape index (κ3) is 2.76. The number of nitrogens with zero attached hydrogens (tertiary/aromatic N) is 1. The molecule has 0 bridgehead atoms. The summed E-state index contributed by atoms with van der Waals surface area (Å²) < 4.78 is 13.1. The van der Waals surface area contributed by atoms with Crippen molar-refractivity contribution in [3.8, 4) is 0 Å². The maximum Gasteiger partial charge on any atom is 0.118 e. The number of piperidine rings is 1. The molecule has 1 fully saturated rings. The third-order valence-electron chi connectivity index (χ3n) is 2.90. The van der Waals surface area contributed by atoms with Gasteiger partial charge in [-0.3, -0.25) is 4.90 Å². The van der Waals surface area contributed by atoms with Crippen LogP contribution in [-0.2, 0) is 6.54 Å². The van der Waals surface area contributed by atoms with Crippen molar-refractivity contribution in [1.82, 2.24) is 4.90 Å². The molecule has 0 aliphatic carbocycles. The lowest BCUT2D eigenvalue weighted by Crippen LogP contribution is -2.49. The molecule has 0 amide bonds. The zero-order chi connectivity index (χ0) is 10.7. The van der Waals surface area contributed by atoms with Crippen LogP contribution < -0.4 is 5.73 Å². The molecular formula is C12H17FN2. The standard InChI is InChI=1S/C12H17FN2/c13-11-6-7-15(9-12(11)14)8-10-4-2-1-3-5-10/h1-5,11-12H,6-9,14H2. The molecule has 1 aromatic rings. The number of hydrogen-bond acceptors (Lipinski definition) is 2. The predicted molar refractivity (Wildman–Crippen MR) is 59.2 cm³/mol. The van der Waals surface area contributed by atoms with Gasteiger partial charge in [-0.2, -0.15) is 0 Å². The monoisotopic (exact) mass is 208 g/mol. The van der Waals surface area contributed by atoms with Crippen molar-refractivity contribution in [3.63, 3.8) is 0 Å². The summed E-state index contributed by atoms with van der Waals surface area (Å²) in [6.07, 6.45) is -0.259. The first-order chi connectivity index (χ1) is 7.25. The van der Waals surface area contributed by atoms with Crippen molar-refractivity contribution in [2.75, 3.05) is 13.1 Å². The molecule has 2 unspecified atom stereocenters. The van der Waals surface area contributed by atoms with E-state index in [0.29, 0.717) is 13.0 Å². The van der Waals surface area contributed by atoms with Crippen LogP contribution in [0.25, 0.3) is 0 Å². The van der Waals surface area contributed by atoms with E-state index in [0.717, 1.165) is 13.1 Å². The topological polar surface area (TPSA) is 29.3 Å². The van der Waals surface area contributed by atoms with Gasteiger partial charge in [0.2, 0.25) is 0 Å². The summed E-state index contributed by atoms with van der Waals surface area (Å²) in [5.74, 6) is 0. The van der Waals surface area contributed by atoms with Gasteiger partial charge in [0.15, 0.2) is 0 Å². The predicted octanol–water partition coefficient (Wildman–Crippen LogP) is 1.56. The molecule has 2 atom stereocenters. The lowest BCUT2D eigenvalue weighted by Gasteiger charge is -2.32. The van der Waals surface area contributed by atoms with Crippen LogP contribution in [0, 0.1) is 0 Å². The van der Waals surface area contributed by atoms with Crippen LogP contribution in [0.4, 0.5) is 4.39 Å². The van der Waals surface area contributed by atoms with Gasteiger partial charge in [0, 0.05) is 25.7 Å². The lowest BCUT2D eigenvalue weighted by molar-refractivity contribution is 0.122. The van der Waals surface area contributed by atoms with Gasteiger partial charge in [-0.05, 0) is 12.0 Å². The van der Waals surface area contributed by atoms with Crippen LogP contribution in [0.1, 0.15) is 12.0 Å². The molecule has 3 heteroatoms. The second-order valence-corrected chi connectivity index (χ2v) is 4.19. The summed E-state index contributed by atoms with van der Waals surface area (Å²) in [4.78, 5) is 2.22. The molecule has 1 saturated heterocycles. The molecule has 2 rings (SSSR count). The van der Waals surface area contributed by atoms with Gasteiger partial charge in [0.25, 0.3) is 0 Å². The zero-order valence-electron chi connectivity index (χ0n) is 8.77. The Labute approximate surface area is 89.9 Å². The Bertz CT molecular complexity index is 302. The van der Waals surface area contributed by atoms with Crippen molar-refractivity contribution in [3.05, 3.63) is 35.9 Å². The van der Waals surface area contributed by atoms with Crippen molar-refractivity contribution >= 4 is 0 Å². The highest BCUT2D eigenvalue weighted by molar-refractivity contribution is 5.14. The van der Waals surface area contributed by atoms with Crippen LogP contribution >= 0.6 is 0 Å². The molecule has 82 valence electrons. The first-order valence-electron chi connectivity index (χ1n) is 5.41. The highest BCUT2D eigenvalue weighted by Gasteiger charge is 2.25. The largest absolute Gasteiger partial charge is 0.324 e. The van der Waals surface area contributed by atoms with Gasteiger partial charge in [0.1, 0.15) is 6.17 Å². The van der Waals surface area contributed by atoms with Crippen LogP contribution in [0.5, 0.6) is 0 Å². The molecule has 1 aliphatic rings. The normalized spacial score (nSPS) is 27.9. The summed E-state index contributed by atoms with van der Waals surface area (Å²) in [6, 6.07) is 9.92. The van der Waals surface area contributed by atoms with E-state index in [4.69, 9.17) is 5.73 Å². The second kappa shape index (κ2) is 4.73. The van der Waals surface area contributed by atoms with Crippen LogP contribution in [-0.4, -0.2) is 30.2 Å². The Balaban J connectivity index is 1.91. The van der Waals surface area contributed by atoms with Crippen LogP contribution in [0.2, 0.25) is 0 Å². The summed E-state index contributed by atoms with van der Waals surface area (Å²) in [5, 5.41) is 0. The summed E-state index contributed by atoms with van der Waals surface area (Å²) in [7, 11) is 0. The fourth-order valence-corrected chi connectivity index (χ4v) is 2.01. The Morgan fingerprint density at radius 3 is 2.73 bits per heavy atom. The van der Waals surface area contributed by atoms with Crippen LogP contribution in [0.15, 0.2) is 30.3 Å². The average molecular weight is 208 g/mol. The van der Waals surface area contributed by atoms with Crippen molar-refractivity contribution in [2.45, 2.75) is 25.2 Å². The molecule has 0 radical (unpaired) electrons. The van der Waals surface area contributed by atoms with E-state index in [9.17, 15) is 4.39 Å². The molecule has 1 heterocycles. The van der Waals surface area contributed by atoms with Crippen molar-refractivity contribution in [1.29, 1.82) is 0 Å². The molecule has 1 aromatic carbocycles. The van der Waals surface area contributed by atoms with Gasteiger partial charge < -0.3 is 5.73 Å². The lowest BCUT2D eigenvalue weighted by atomic mass is 10.0. The number of rotatable bonds is 2. The molecule has 15 heavy (non-hydrogen) atoms. The number of halogens is 1. The summed E-state index contributed by atoms with van der Waals surface area (Å²) in [5.41, 5.74) is 6.97. The first-order valence-corrected chi connectivity index (χ1v) is 5.41. The van der Waals surface area contributed by atoms with E-state index < -0.39 is 6.17 Å². The van der Waals surface area contributed by atoms with Crippen molar-refractivity contribution < 1.29 is 4.39 Å².